The van der Waals surface area contributed by atoms with Crippen molar-refractivity contribution >= 4 is 37.5 Å². The Labute approximate surface area is 231 Å². The molecule has 0 aliphatic heterocycles. The highest BCUT2D eigenvalue weighted by Crippen LogP contribution is 2.42. The molecule has 1 atom stereocenters. The number of nitrogens with zero attached hydrogens (tertiary/aromatic N) is 1. The number of H-pyrrole nitrogens is 1. The standard InChI is InChI=1S/C31H35BrN2O2S/c1-30(2,3)19-9-7-18(8-10-19)17-36-24-14-12-21(32)16-23(24)27-33-28(35)26-22-13-11-20(31(4,5)6)15-25(22)37-29(26)34-27/h7-10,12,14,16,20H,11,13,15,17H2,1-6H3,(H,33,34,35). The van der Waals surface area contributed by atoms with E-state index in [1.165, 1.54) is 16.0 Å². The van der Waals surface area contributed by atoms with Crippen LogP contribution in [0.2, 0.25) is 0 Å². The molecule has 4 aromatic rings. The van der Waals surface area contributed by atoms with E-state index in [-0.39, 0.29) is 16.4 Å². The molecule has 0 amide bonds. The number of aromatic nitrogens is 2. The fourth-order valence-electron chi connectivity index (χ4n) is 5.13. The fourth-order valence-corrected chi connectivity index (χ4v) is 6.79. The summed E-state index contributed by atoms with van der Waals surface area (Å²) in [4.78, 5) is 23.5. The van der Waals surface area contributed by atoms with Crippen LogP contribution in [0, 0.1) is 11.3 Å². The molecule has 37 heavy (non-hydrogen) atoms. The maximum atomic E-state index is 13.3. The second-order valence-corrected chi connectivity index (χ2v) is 14.3. The number of halogens is 1. The van der Waals surface area contributed by atoms with Gasteiger partial charge in [0.2, 0.25) is 0 Å². The van der Waals surface area contributed by atoms with Crippen LogP contribution in [0.1, 0.15) is 69.5 Å². The lowest BCUT2D eigenvalue weighted by Gasteiger charge is -2.33. The second kappa shape index (κ2) is 9.70. The van der Waals surface area contributed by atoms with Gasteiger partial charge in [0.15, 0.2) is 0 Å². The van der Waals surface area contributed by atoms with Crippen LogP contribution in [-0.4, -0.2) is 9.97 Å². The van der Waals surface area contributed by atoms with Crippen LogP contribution in [0.4, 0.5) is 0 Å². The number of benzene rings is 2. The van der Waals surface area contributed by atoms with Crippen molar-refractivity contribution in [2.75, 3.05) is 0 Å². The lowest BCUT2D eigenvalue weighted by atomic mass is 9.72. The first kappa shape index (κ1) is 26.2. The van der Waals surface area contributed by atoms with Crippen molar-refractivity contribution < 1.29 is 4.74 Å². The molecular weight excluding hydrogens is 544 g/mol. The van der Waals surface area contributed by atoms with E-state index in [0.29, 0.717) is 24.1 Å². The summed E-state index contributed by atoms with van der Waals surface area (Å²) in [7, 11) is 0. The Hall–Kier alpha value is -2.44. The number of hydrogen-bond donors (Lipinski definition) is 1. The quantitative estimate of drug-likeness (QED) is 0.264. The zero-order chi connectivity index (χ0) is 26.5. The van der Waals surface area contributed by atoms with Gasteiger partial charge in [-0.1, -0.05) is 81.7 Å². The minimum absolute atomic E-state index is 0.0598. The lowest BCUT2D eigenvalue weighted by molar-refractivity contribution is 0.218. The topological polar surface area (TPSA) is 55.0 Å². The van der Waals surface area contributed by atoms with Gasteiger partial charge < -0.3 is 9.72 Å². The van der Waals surface area contributed by atoms with Crippen LogP contribution in [0.15, 0.2) is 51.7 Å². The normalized spacial score (nSPS) is 16.1. The van der Waals surface area contributed by atoms with E-state index >= 15 is 0 Å². The summed E-state index contributed by atoms with van der Waals surface area (Å²) in [5, 5.41) is 0.771. The maximum absolute atomic E-state index is 13.3. The zero-order valence-corrected chi connectivity index (χ0v) is 24.9. The summed E-state index contributed by atoms with van der Waals surface area (Å²) in [5.41, 5.74) is 4.68. The smallest absolute Gasteiger partial charge is 0.260 e. The SMILES string of the molecule is CC(C)(C)c1ccc(COc2ccc(Br)cc2-c2nc3sc4c(c3c(=O)[nH]2)CCC(C(C)(C)C)C4)cc1. The highest BCUT2D eigenvalue weighted by molar-refractivity contribution is 9.10. The molecule has 194 valence electrons. The monoisotopic (exact) mass is 578 g/mol. The molecular formula is C31H35BrN2O2S. The average Bonchev–Trinajstić information content (AvgIpc) is 3.20. The molecule has 1 unspecified atom stereocenters. The molecule has 2 aromatic carbocycles. The van der Waals surface area contributed by atoms with E-state index in [2.05, 4.69) is 86.7 Å². The molecule has 0 saturated carbocycles. The minimum atomic E-state index is -0.0598. The Balaban J connectivity index is 1.46. The molecule has 1 N–H and O–H groups in total. The van der Waals surface area contributed by atoms with E-state index in [9.17, 15) is 4.79 Å². The summed E-state index contributed by atoms with van der Waals surface area (Å²) in [6, 6.07) is 14.4. The number of nitrogens with one attached hydrogen (secondary N) is 1. The third kappa shape index (κ3) is 5.42. The molecule has 1 aliphatic carbocycles. The van der Waals surface area contributed by atoms with Crippen LogP contribution < -0.4 is 10.3 Å². The number of ether oxygens (including phenoxy) is 1. The third-order valence-corrected chi connectivity index (χ3v) is 9.20. The van der Waals surface area contributed by atoms with Crippen LogP contribution in [0.5, 0.6) is 5.75 Å². The van der Waals surface area contributed by atoms with Gasteiger partial charge in [0.1, 0.15) is 23.0 Å². The fraction of sp³-hybridized carbons (Fsp3) is 0.419. The average molecular weight is 580 g/mol. The molecule has 0 saturated heterocycles. The number of aryl methyl sites for hydroxylation is 1. The van der Waals surface area contributed by atoms with Crippen LogP contribution in [0.3, 0.4) is 0 Å². The first-order valence-corrected chi connectivity index (χ1v) is 14.6. The minimum Gasteiger partial charge on any atom is -0.488 e. The van der Waals surface area contributed by atoms with E-state index in [4.69, 9.17) is 9.72 Å². The van der Waals surface area contributed by atoms with Crippen molar-refractivity contribution in [3.8, 4) is 17.1 Å². The van der Waals surface area contributed by atoms with Crippen molar-refractivity contribution in [1.82, 2.24) is 9.97 Å². The van der Waals surface area contributed by atoms with Gasteiger partial charge in [0.05, 0.1) is 10.9 Å². The predicted octanol–water partition coefficient (Wildman–Crippen LogP) is 8.44. The van der Waals surface area contributed by atoms with Gasteiger partial charge in [-0.15, -0.1) is 11.3 Å². The summed E-state index contributed by atoms with van der Waals surface area (Å²) in [5.74, 6) is 1.86. The largest absolute Gasteiger partial charge is 0.488 e. The van der Waals surface area contributed by atoms with Crippen molar-refractivity contribution in [2.24, 2.45) is 11.3 Å². The van der Waals surface area contributed by atoms with E-state index in [0.717, 1.165) is 45.1 Å². The first-order valence-electron chi connectivity index (χ1n) is 13.0. The molecule has 0 spiro atoms. The molecule has 4 nitrogen and oxygen atoms in total. The number of rotatable bonds is 4. The van der Waals surface area contributed by atoms with E-state index in [1.807, 2.05) is 18.2 Å². The summed E-state index contributed by atoms with van der Waals surface area (Å²) < 4.78 is 7.17. The van der Waals surface area contributed by atoms with E-state index < -0.39 is 0 Å². The highest BCUT2D eigenvalue weighted by Gasteiger charge is 2.31. The van der Waals surface area contributed by atoms with Crippen molar-refractivity contribution in [2.45, 2.75) is 72.8 Å². The van der Waals surface area contributed by atoms with Gasteiger partial charge >= 0.3 is 0 Å². The number of aromatic amines is 1. The Kier molecular flexibility index (Phi) is 6.86. The van der Waals surface area contributed by atoms with Crippen molar-refractivity contribution in [3.63, 3.8) is 0 Å². The predicted molar refractivity (Wildman–Crippen MR) is 158 cm³/mol. The van der Waals surface area contributed by atoms with Gasteiger partial charge in [-0.2, -0.15) is 0 Å². The van der Waals surface area contributed by atoms with Gasteiger partial charge in [-0.05, 0) is 70.9 Å². The second-order valence-electron chi connectivity index (χ2n) is 12.3. The summed E-state index contributed by atoms with van der Waals surface area (Å²) in [6.07, 6.45) is 3.08. The van der Waals surface area contributed by atoms with E-state index in [1.54, 1.807) is 11.3 Å². The molecule has 2 heterocycles. The lowest BCUT2D eigenvalue weighted by Crippen LogP contribution is -2.26. The maximum Gasteiger partial charge on any atom is 0.260 e. The number of fused-ring (bicyclic) bond motifs is 3. The van der Waals surface area contributed by atoms with Gasteiger partial charge in [-0.25, -0.2) is 4.98 Å². The first-order chi connectivity index (χ1) is 17.4. The van der Waals surface area contributed by atoms with Crippen LogP contribution in [0.25, 0.3) is 21.6 Å². The van der Waals surface area contributed by atoms with Crippen molar-refractivity contribution in [3.05, 3.63) is 78.9 Å². The summed E-state index contributed by atoms with van der Waals surface area (Å²) >= 11 is 5.27. The Morgan fingerprint density at radius 1 is 1.08 bits per heavy atom. The molecule has 1 aliphatic rings. The molecule has 0 bridgehead atoms. The summed E-state index contributed by atoms with van der Waals surface area (Å²) in [6.45, 7) is 14.0. The molecule has 2 aromatic heterocycles. The van der Waals surface area contributed by atoms with Gasteiger partial charge in [0.25, 0.3) is 5.56 Å². The molecule has 0 fully saturated rings. The van der Waals surface area contributed by atoms with Gasteiger partial charge in [0, 0.05) is 9.35 Å². The highest BCUT2D eigenvalue weighted by atomic mass is 79.9. The van der Waals surface area contributed by atoms with Crippen LogP contribution >= 0.6 is 27.3 Å². The molecule has 0 radical (unpaired) electrons. The molecule has 6 heteroatoms. The van der Waals surface area contributed by atoms with Crippen molar-refractivity contribution in [1.29, 1.82) is 0 Å². The Morgan fingerprint density at radius 2 is 1.81 bits per heavy atom. The number of hydrogen-bond acceptors (Lipinski definition) is 4. The van der Waals surface area contributed by atoms with Crippen LogP contribution in [-0.2, 0) is 24.9 Å². The zero-order valence-electron chi connectivity index (χ0n) is 22.5. The van der Waals surface area contributed by atoms with Gasteiger partial charge in [-0.3, -0.25) is 4.79 Å². The number of thiophene rings is 1. The molecule has 5 rings (SSSR count). The Bertz CT molecular complexity index is 1500. The third-order valence-electron chi connectivity index (χ3n) is 7.55. The Morgan fingerprint density at radius 3 is 2.49 bits per heavy atom.